The molecule has 1 aromatic carbocycles. The highest BCUT2D eigenvalue weighted by molar-refractivity contribution is 5.95. The summed E-state index contributed by atoms with van der Waals surface area (Å²) < 4.78 is 3.45. The molecule has 3 heterocycles. The smallest absolute Gasteiger partial charge is 0.345 e. The van der Waals surface area contributed by atoms with E-state index in [1.807, 2.05) is 35.8 Å². The fourth-order valence-electron chi connectivity index (χ4n) is 4.30. The molecule has 4 rings (SSSR count). The monoisotopic (exact) mass is 383 g/mol. The highest BCUT2D eigenvalue weighted by atomic mass is 16.2. The van der Waals surface area contributed by atoms with Crippen LogP contribution in [0, 0.1) is 6.92 Å². The maximum atomic E-state index is 12.6. The van der Waals surface area contributed by atoms with E-state index in [-0.39, 0.29) is 17.6 Å². The molecule has 1 atom stereocenters. The number of amides is 1. The van der Waals surface area contributed by atoms with Gasteiger partial charge in [0.2, 0.25) is 0 Å². The molecule has 0 radical (unpaired) electrons. The predicted octanol–water partition coefficient (Wildman–Crippen LogP) is 1.58. The average molecular weight is 383 g/mol. The minimum absolute atomic E-state index is 0.00273. The Morgan fingerprint density at radius 3 is 2.86 bits per heavy atom. The number of piperidine rings is 1. The lowest BCUT2D eigenvalue weighted by molar-refractivity contribution is 0.0901. The number of aryl methyl sites for hydroxylation is 2. The summed E-state index contributed by atoms with van der Waals surface area (Å²) in [6.07, 6.45) is 5.12. The van der Waals surface area contributed by atoms with Crippen molar-refractivity contribution in [1.82, 2.24) is 24.6 Å². The molecule has 2 aliphatic rings. The molecule has 2 aromatic rings. The van der Waals surface area contributed by atoms with E-state index in [0.29, 0.717) is 6.54 Å². The van der Waals surface area contributed by atoms with Crippen LogP contribution in [0.2, 0.25) is 0 Å². The number of carbonyl (C=O) groups is 1. The zero-order chi connectivity index (χ0) is 19.5. The second-order valence-corrected chi connectivity index (χ2v) is 7.96. The van der Waals surface area contributed by atoms with Crippen molar-refractivity contribution < 1.29 is 4.79 Å². The molecule has 0 bridgehead atoms. The molecule has 2 aliphatic heterocycles. The fraction of sp³-hybridized carbons (Fsp3) is 0.571. The van der Waals surface area contributed by atoms with Gasteiger partial charge in [-0.05, 0) is 50.8 Å². The lowest BCUT2D eigenvalue weighted by Gasteiger charge is -2.33. The zero-order valence-electron chi connectivity index (χ0n) is 16.6. The van der Waals surface area contributed by atoms with Gasteiger partial charge in [0.25, 0.3) is 5.91 Å². The standard InChI is InChI=1S/C21H29N5O2/c1-16-7-2-3-9-18(16)20(27)22-17-8-6-11-24(15-17)13-14-26-21(28)25-12-5-4-10-19(25)23-26/h2-3,7,9,17H,4-6,8,10-15H2,1H3,(H,22,27). The molecule has 0 saturated carbocycles. The zero-order valence-corrected chi connectivity index (χ0v) is 16.6. The number of hydrogen-bond acceptors (Lipinski definition) is 4. The van der Waals surface area contributed by atoms with Crippen LogP contribution in [0.15, 0.2) is 29.1 Å². The van der Waals surface area contributed by atoms with Crippen molar-refractivity contribution in [2.75, 3.05) is 19.6 Å². The molecule has 1 N–H and O–H groups in total. The molecule has 7 heteroatoms. The third-order valence-corrected chi connectivity index (χ3v) is 5.89. The van der Waals surface area contributed by atoms with Crippen molar-refractivity contribution in [3.05, 3.63) is 51.7 Å². The topological polar surface area (TPSA) is 72.2 Å². The van der Waals surface area contributed by atoms with Crippen molar-refractivity contribution in [2.24, 2.45) is 0 Å². The van der Waals surface area contributed by atoms with Crippen molar-refractivity contribution in [3.8, 4) is 0 Å². The van der Waals surface area contributed by atoms with Gasteiger partial charge in [-0.2, -0.15) is 5.10 Å². The molecule has 0 aliphatic carbocycles. The summed E-state index contributed by atoms with van der Waals surface area (Å²) in [6, 6.07) is 7.83. The Kier molecular flexibility index (Phi) is 5.62. The van der Waals surface area contributed by atoms with Crippen LogP contribution >= 0.6 is 0 Å². The van der Waals surface area contributed by atoms with Crippen LogP contribution < -0.4 is 11.0 Å². The predicted molar refractivity (Wildman–Crippen MR) is 108 cm³/mol. The van der Waals surface area contributed by atoms with E-state index in [2.05, 4.69) is 15.3 Å². The Morgan fingerprint density at radius 2 is 2.04 bits per heavy atom. The minimum atomic E-state index is 0.00273. The normalized spacial score (nSPS) is 20.0. The molecular formula is C21H29N5O2. The Hall–Kier alpha value is -2.41. The van der Waals surface area contributed by atoms with Gasteiger partial charge in [-0.3, -0.25) is 14.3 Å². The van der Waals surface area contributed by atoms with Gasteiger partial charge in [0.15, 0.2) is 0 Å². The quantitative estimate of drug-likeness (QED) is 0.851. The number of nitrogens with zero attached hydrogens (tertiary/aromatic N) is 4. The van der Waals surface area contributed by atoms with Gasteiger partial charge < -0.3 is 5.32 Å². The molecule has 28 heavy (non-hydrogen) atoms. The summed E-state index contributed by atoms with van der Waals surface area (Å²) in [5.41, 5.74) is 1.77. The van der Waals surface area contributed by atoms with E-state index in [1.165, 1.54) is 0 Å². The number of carbonyl (C=O) groups excluding carboxylic acids is 1. The van der Waals surface area contributed by atoms with E-state index in [4.69, 9.17) is 0 Å². The number of nitrogens with one attached hydrogen (secondary N) is 1. The third-order valence-electron chi connectivity index (χ3n) is 5.89. The second-order valence-electron chi connectivity index (χ2n) is 7.96. The van der Waals surface area contributed by atoms with E-state index in [9.17, 15) is 9.59 Å². The first-order valence-corrected chi connectivity index (χ1v) is 10.4. The highest BCUT2D eigenvalue weighted by Gasteiger charge is 2.23. The number of fused-ring (bicyclic) bond motifs is 1. The maximum Gasteiger partial charge on any atom is 0.345 e. The average Bonchev–Trinajstić information content (AvgIpc) is 3.03. The summed E-state index contributed by atoms with van der Waals surface area (Å²) in [6.45, 7) is 5.97. The maximum absolute atomic E-state index is 12.6. The summed E-state index contributed by atoms with van der Waals surface area (Å²) in [5.74, 6) is 0.932. The fourth-order valence-corrected chi connectivity index (χ4v) is 4.30. The van der Waals surface area contributed by atoms with Gasteiger partial charge in [0.05, 0.1) is 6.54 Å². The minimum Gasteiger partial charge on any atom is -0.348 e. The van der Waals surface area contributed by atoms with Gasteiger partial charge in [0.1, 0.15) is 5.82 Å². The lowest BCUT2D eigenvalue weighted by Crippen LogP contribution is -2.48. The van der Waals surface area contributed by atoms with Gasteiger partial charge in [0, 0.05) is 37.7 Å². The van der Waals surface area contributed by atoms with Crippen LogP contribution in [0.25, 0.3) is 0 Å². The molecular weight excluding hydrogens is 354 g/mol. The first-order valence-electron chi connectivity index (χ1n) is 10.4. The molecule has 7 nitrogen and oxygen atoms in total. The van der Waals surface area contributed by atoms with Gasteiger partial charge in [-0.1, -0.05) is 18.2 Å². The van der Waals surface area contributed by atoms with Crippen molar-refractivity contribution in [1.29, 1.82) is 0 Å². The van der Waals surface area contributed by atoms with Crippen molar-refractivity contribution in [3.63, 3.8) is 0 Å². The second kappa shape index (κ2) is 8.31. The van der Waals surface area contributed by atoms with Gasteiger partial charge in [-0.15, -0.1) is 0 Å². The Balaban J connectivity index is 1.33. The SMILES string of the molecule is Cc1ccccc1C(=O)NC1CCCN(CCn2nc3n(c2=O)CCCC3)C1. The van der Waals surface area contributed by atoms with Gasteiger partial charge >= 0.3 is 5.69 Å². The molecule has 1 aromatic heterocycles. The number of benzene rings is 1. The molecule has 1 fully saturated rings. The summed E-state index contributed by atoms with van der Waals surface area (Å²) in [4.78, 5) is 27.4. The lowest BCUT2D eigenvalue weighted by atomic mass is 10.0. The van der Waals surface area contributed by atoms with Crippen LogP contribution in [0.3, 0.4) is 0 Å². The number of hydrogen-bond donors (Lipinski definition) is 1. The Bertz CT molecular complexity index is 900. The largest absolute Gasteiger partial charge is 0.348 e. The molecule has 1 unspecified atom stereocenters. The molecule has 0 spiro atoms. The van der Waals surface area contributed by atoms with Crippen LogP contribution in [-0.2, 0) is 19.5 Å². The first-order chi connectivity index (χ1) is 13.6. The van der Waals surface area contributed by atoms with Gasteiger partial charge in [-0.25, -0.2) is 9.48 Å². The van der Waals surface area contributed by atoms with E-state index in [1.54, 1.807) is 4.68 Å². The van der Waals surface area contributed by atoms with E-state index < -0.39 is 0 Å². The van der Waals surface area contributed by atoms with Crippen LogP contribution in [-0.4, -0.2) is 50.8 Å². The first kappa shape index (κ1) is 18.9. The summed E-state index contributed by atoms with van der Waals surface area (Å²) in [5, 5.41) is 7.71. The Labute approximate surface area is 165 Å². The van der Waals surface area contributed by atoms with E-state index in [0.717, 1.165) is 75.2 Å². The summed E-state index contributed by atoms with van der Waals surface area (Å²) in [7, 11) is 0. The van der Waals surface area contributed by atoms with E-state index >= 15 is 0 Å². The highest BCUT2D eigenvalue weighted by Crippen LogP contribution is 2.13. The molecule has 1 saturated heterocycles. The number of likely N-dealkylation sites (tertiary alicyclic amines) is 1. The van der Waals surface area contributed by atoms with Crippen LogP contribution in [0.4, 0.5) is 0 Å². The van der Waals surface area contributed by atoms with Crippen LogP contribution in [0.1, 0.15) is 47.4 Å². The third kappa shape index (κ3) is 4.04. The molecule has 150 valence electrons. The number of aromatic nitrogens is 3. The Morgan fingerprint density at radius 1 is 1.18 bits per heavy atom. The van der Waals surface area contributed by atoms with Crippen LogP contribution in [0.5, 0.6) is 0 Å². The molecule has 1 amide bonds. The number of rotatable bonds is 5. The van der Waals surface area contributed by atoms with Crippen molar-refractivity contribution >= 4 is 5.91 Å². The van der Waals surface area contributed by atoms with Crippen molar-refractivity contribution in [2.45, 2.75) is 58.2 Å². The summed E-state index contributed by atoms with van der Waals surface area (Å²) >= 11 is 0.